The molecule has 1 N–H and O–H groups in total. The number of hydrogen-bond acceptors (Lipinski definition) is 5. The molecular weight excluding hydrogens is 270 g/mol. The highest BCUT2D eigenvalue weighted by Gasteiger charge is 2.09. The van der Waals surface area contributed by atoms with Crippen LogP contribution in [0.2, 0.25) is 0 Å². The van der Waals surface area contributed by atoms with Gasteiger partial charge in [-0.2, -0.15) is 8.42 Å². The molecule has 0 saturated carbocycles. The van der Waals surface area contributed by atoms with E-state index in [9.17, 15) is 13.2 Å². The Morgan fingerprint density at radius 3 is 2.42 bits per heavy atom. The summed E-state index contributed by atoms with van der Waals surface area (Å²) in [7, 11) is -3.55. The predicted molar refractivity (Wildman–Crippen MR) is 68.6 cm³/mol. The molecule has 1 aromatic carbocycles. The Bertz CT molecular complexity index is 659. The van der Waals surface area contributed by atoms with Crippen molar-refractivity contribution in [2.45, 2.75) is 0 Å². The largest absolute Gasteiger partial charge is 0.459 e. The van der Waals surface area contributed by atoms with Gasteiger partial charge in [0.05, 0.1) is 12.5 Å². The Morgan fingerprint density at radius 1 is 1.21 bits per heavy atom. The first-order valence-electron chi connectivity index (χ1n) is 5.28. The molecule has 1 amide bonds. The molecule has 7 heteroatoms. The average molecular weight is 281 g/mol. The van der Waals surface area contributed by atoms with Crippen molar-refractivity contribution >= 4 is 21.7 Å². The number of rotatable bonds is 4. The lowest BCUT2D eigenvalue weighted by atomic mass is 10.3. The maximum Gasteiger partial charge on any atom is 0.306 e. The molecule has 19 heavy (non-hydrogen) atoms. The number of amides is 1. The van der Waals surface area contributed by atoms with Gasteiger partial charge in [-0.05, 0) is 36.4 Å². The van der Waals surface area contributed by atoms with Crippen LogP contribution in [0, 0.1) is 0 Å². The van der Waals surface area contributed by atoms with Crippen molar-refractivity contribution in [2.75, 3.05) is 11.6 Å². The van der Waals surface area contributed by atoms with Gasteiger partial charge in [0.15, 0.2) is 5.76 Å². The minimum atomic E-state index is -3.55. The monoisotopic (exact) mass is 281 g/mol. The number of carbonyl (C=O) groups is 1. The van der Waals surface area contributed by atoms with E-state index in [2.05, 4.69) is 9.50 Å². The van der Waals surface area contributed by atoms with Crippen molar-refractivity contribution in [1.82, 2.24) is 0 Å². The molecule has 0 bridgehead atoms. The second-order valence-corrected chi connectivity index (χ2v) is 5.32. The first kappa shape index (κ1) is 13.2. The molecule has 0 fully saturated rings. The number of anilines is 1. The third kappa shape index (κ3) is 3.85. The fourth-order valence-electron chi connectivity index (χ4n) is 1.37. The lowest BCUT2D eigenvalue weighted by Crippen LogP contribution is -2.11. The smallest absolute Gasteiger partial charge is 0.306 e. The molecule has 2 rings (SSSR count). The van der Waals surface area contributed by atoms with Crippen LogP contribution < -0.4 is 9.50 Å². The summed E-state index contributed by atoms with van der Waals surface area (Å²) >= 11 is 0. The zero-order chi connectivity index (χ0) is 13.9. The fourth-order valence-corrected chi connectivity index (χ4v) is 1.83. The molecule has 0 saturated heterocycles. The Kier molecular flexibility index (Phi) is 3.57. The van der Waals surface area contributed by atoms with E-state index < -0.39 is 10.1 Å². The van der Waals surface area contributed by atoms with Crippen LogP contribution in [0.15, 0.2) is 47.1 Å². The van der Waals surface area contributed by atoms with Crippen LogP contribution in [0.1, 0.15) is 10.6 Å². The Hall–Kier alpha value is -2.28. The number of nitrogens with one attached hydrogen (secondary N) is 1. The van der Waals surface area contributed by atoms with E-state index in [1.807, 2.05) is 0 Å². The van der Waals surface area contributed by atoms with Crippen LogP contribution >= 0.6 is 0 Å². The summed E-state index contributed by atoms with van der Waals surface area (Å²) in [6, 6.07) is 9.09. The summed E-state index contributed by atoms with van der Waals surface area (Å²) in [5.41, 5.74) is 0.502. The van der Waals surface area contributed by atoms with E-state index in [1.165, 1.54) is 36.6 Å². The maximum absolute atomic E-state index is 11.7. The highest BCUT2D eigenvalue weighted by molar-refractivity contribution is 7.86. The molecule has 1 heterocycles. The Balaban J connectivity index is 2.05. The molecule has 0 spiro atoms. The minimum Gasteiger partial charge on any atom is -0.459 e. The van der Waals surface area contributed by atoms with Crippen molar-refractivity contribution in [1.29, 1.82) is 0 Å². The summed E-state index contributed by atoms with van der Waals surface area (Å²) in [5.74, 6) is -0.0169. The Labute approximate surface area is 110 Å². The van der Waals surface area contributed by atoms with Gasteiger partial charge in [-0.25, -0.2) is 0 Å². The predicted octanol–water partition coefficient (Wildman–Crippen LogP) is 1.87. The summed E-state index contributed by atoms with van der Waals surface area (Å²) in [6.07, 6.45) is 2.36. The van der Waals surface area contributed by atoms with Gasteiger partial charge in [0.2, 0.25) is 0 Å². The molecule has 0 unspecified atom stereocenters. The van der Waals surface area contributed by atoms with Gasteiger partial charge >= 0.3 is 10.1 Å². The zero-order valence-electron chi connectivity index (χ0n) is 9.99. The van der Waals surface area contributed by atoms with Gasteiger partial charge in [-0.1, -0.05) is 0 Å². The van der Waals surface area contributed by atoms with Gasteiger partial charge < -0.3 is 13.9 Å². The fraction of sp³-hybridized carbons (Fsp3) is 0.0833. The van der Waals surface area contributed by atoms with Gasteiger partial charge in [-0.3, -0.25) is 4.79 Å². The summed E-state index contributed by atoms with van der Waals surface area (Å²) in [5, 5.41) is 2.60. The van der Waals surface area contributed by atoms with E-state index in [-0.39, 0.29) is 17.4 Å². The molecule has 0 aliphatic heterocycles. The van der Waals surface area contributed by atoms with E-state index in [0.29, 0.717) is 5.69 Å². The molecular formula is C12H11NO5S. The maximum atomic E-state index is 11.7. The van der Waals surface area contributed by atoms with Crippen molar-refractivity contribution < 1.29 is 21.8 Å². The van der Waals surface area contributed by atoms with E-state index in [1.54, 1.807) is 6.07 Å². The molecule has 100 valence electrons. The van der Waals surface area contributed by atoms with Gasteiger partial charge in [-0.15, -0.1) is 0 Å². The van der Waals surface area contributed by atoms with E-state index in [0.717, 1.165) is 6.26 Å². The summed E-state index contributed by atoms with van der Waals surface area (Å²) < 4.78 is 31.4. The molecule has 0 atom stereocenters. The van der Waals surface area contributed by atoms with Crippen LogP contribution in [-0.4, -0.2) is 20.6 Å². The van der Waals surface area contributed by atoms with Crippen molar-refractivity contribution in [3.8, 4) is 5.75 Å². The van der Waals surface area contributed by atoms with Crippen LogP contribution in [0.5, 0.6) is 5.75 Å². The van der Waals surface area contributed by atoms with Crippen molar-refractivity contribution in [3.05, 3.63) is 48.4 Å². The van der Waals surface area contributed by atoms with Gasteiger partial charge in [0.25, 0.3) is 5.91 Å². The standard InChI is InChI=1S/C12H11NO5S/c1-19(15,16)18-10-6-4-9(5-7-10)13-12(14)11-3-2-8-17-11/h2-8H,1H3,(H,13,14). The topological polar surface area (TPSA) is 85.6 Å². The van der Waals surface area contributed by atoms with Crippen molar-refractivity contribution in [3.63, 3.8) is 0 Å². The van der Waals surface area contributed by atoms with Crippen LogP contribution in [0.25, 0.3) is 0 Å². The van der Waals surface area contributed by atoms with Crippen molar-refractivity contribution in [2.24, 2.45) is 0 Å². The lowest BCUT2D eigenvalue weighted by Gasteiger charge is -2.05. The third-order valence-electron chi connectivity index (χ3n) is 2.10. The zero-order valence-corrected chi connectivity index (χ0v) is 10.8. The molecule has 6 nitrogen and oxygen atoms in total. The highest BCUT2D eigenvalue weighted by atomic mass is 32.2. The number of furan rings is 1. The lowest BCUT2D eigenvalue weighted by molar-refractivity contribution is 0.0996. The van der Waals surface area contributed by atoms with Crippen LogP contribution in [0.4, 0.5) is 5.69 Å². The van der Waals surface area contributed by atoms with Gasteiger partial charge in [0.1, 0.15) is 5.75 Å². The number of carbonyl (C=O) groups excluding carboxylic acids is 1. The first-order chi connectivity index (χ1) is 8.94. The number of hydrogen-bond donors (Lipinski definition) is 1. The van der Waals surface area contributed by atoms with Crippen LogP contribution in [-0.2, 0) is 10.1 Å². The summed E-state index contributed by atoms with van der Waals surface area (Å²) in [4.78, 5) is 11.7. The van der Waals surface area contributed by atoms with Crippen LogP contribution in [0.3, 0.4) is 0 Å². The molecule has 0 radical (unpaired) electrons. The number of benzene rings is 1. The molecule has 0 aliphatic rings. The summed E-state index contributed by atoms with van der Waals surface area (Å²) in [6.45, 7) is 0. The average Bonchev–Trinajstić information content (AvgIpc) is 2.83. The molecule has 2 aromatic rings. The molecule has 1 aromatic heterocycles. The second-order valence-electron chi connectivity index (χ2n) is 3.74. The van der Waals surface area contributed by atoms with E-state index >= 15 is 0 Å². The first-order valence-corrected chi connectivity index (χ1v) is 7.10. The molecule has 0 aliphatic carbocycles. The second kappa shape index (κ2) is 5.15. The quantitative estimate of drug-likeness (QED) is 0.865. The third-order valence-corrected chi connectivity index (χ3v) is 2.60. The van der Waals surface area contributed by atoms with Gasteiger partial charge in [0, 0.05) is 5.69 Å². The minimum absolute atomic E-state index is 0.179. The highest BCUT2D eigenvalue weighted by Crippen LogP contribution is 2.17. The normalized spacial score (nSPS) is 11.0. The van der Waals surface area contributed by atoms with E-state index in [4.69, 9.17) is 4.42 Å². The SMILES string of the molecule is CS(=O)(=O)Oc1ccc(NC(=O)c2ccco2)cc1. The Morgan fingerprint density at radius 2 is 1.89 bits per heavy atom.